The Morgan fingerprint density at radius 1 is 0.155 bits per heavy atom. The van der Waals surface area contributed by atoms with Crippen molar-refractivity contribution in [2.45, 2.75) is 62.2 Å². The lowest BCUT2D eigenvalue weighted by Crippen LogP contribution is -2.21. The van der Waals surface area contributed by atoms with Gasteiger partial charge in [0.2, 0.25) is 0 Å². The Morgan fingerprint density at radius 2 is 0.437 bits per heavy atom. The molecule has 0 unspecified atom stereocenters. The van der Waals surface area contributed by atoms with Crippen molar-refractivity contribution in [3.63, 3.8) is 0 Å². The molecule has 0 bridgehead atoms. The third-order valence-electron chi connectivity index (χ3n) is 30.6. The van der Waals surface area contributed by atoms with E-state index >= 15 is 0 Å². The Hall–Kier alpha value is -17.7. The topological polar surface area (TPSA) is 37.9 Å². The van der Waals surface area contributed by atoms with Gasteiger partial charge >= 0.3 is 0 Å². The molecule has 0 N–H and O–H groups in total. The number of ether oxygens (including phenoxy) is 2. The van der Waals surface area contributed by atoms with Gasteiger partial charge in [-0.15, -0.1) is 0 Å². The molecular formula is C134H98N6O2. The summed E-state index contributed by atoms with van der Waals surface area (Å²) in [5.41, 5.74) is 35.0. The quantitative estimate of drug-likeness (QED) is 0.0699. The SMILES string of the molecule is c1ccc(N(c2ccccc2)c2ccc(N(c3ccc(-c4ccc(N(c5ccc(N(c6ccccc6)c6cccc(-c7ccc8cc(N(c9ccccc9)c9ccc%10c(c9)Oc9ccc(N(c%11ccccc%11)c%11cc%12ccccc%12c%12ccccc%11%12)cc9O%10)c9ccccc9c8c7)c6)cc5)c5ccc6c(c5)C5(CCCC5)c5ccccc5-6)cc4)cc3)c3ccc4c(c3)C3(CCCC3)c3ccccc3-4)cc2)cc1. The molecule has 2 saturated carbocycles. The van der Waals surface area contributed by atoms with Gasteiger partial charge in [0.05, 0.1) is 22.7 Å². The number of rotatable bonds is 20. The van der Waals surface area contributed by atoms with Crippen LogP contribution in [0.3, 0.4) is 0 Å². The van der Waals surface area contributed by atoms with Crippen LogP contribution in [0.4, 0.5) is 102 Å². The Morgan fingerprint density at radius 3 is 0.859 bits per heavy atom. The summed E-state index contributed by atoms with van der Waals surface area (Å²) in [5.74, 6) is 2.54. The number of benzene rings is 22. The summed E-state index contributed by atoms with van der Waals surface area (Å²) in [5, 5.41) is 9.29. The molecule has 8 heteroatoms. The van der Waals surface area contributed by atoms with Gasteiger partial charge in [-0.1, -0.05) is 299 Å². The molecule has 0 saturated heterocycles. The van der Waals surface area contributed by atoms with Crippen LogP contribution in [0.1, 0.15) is 73.6 Å². The van der Waals surface area contributed by atoms with Crippen molar-refractivity contribution in [3.8, 4) is 67.5 Å². The predicted molar refractivity (Wildman–Crippen MR) is 591 cm³/mol. The van der Waals surface area contributed by atoms with Crippen LogP contribution in [0.25, 0.3) is 87.6 Å². The summed E-state index contributed by atoms with van der Waals surface area (Å²) < 4.78 is 13.9. The monoisotopic (exact) mass is 1820 g/mol. The lowest BCUT2D eigenvalue weighted by Gasteiger charge is -2.31. The second-order valence-corrected chi connectivity index (χ2v) is 38.5. The van der Waals surface area contributed by atoms with Crippen molar-refractivity contribution in [2.24, 2.45) is 0 Å². The molecule has 2 spiro atoms. The van der Waals surface area contributed by atoms with Crippen LogP contribution in [0.15, 0.2) is 497 Å². The van der Waals surface area contributed by atoms with Gasteiger partial charge in [0.25, 0.3) is 0 Å². The van der Waals surface area contributed by atoms with Crippen LogP contribution in [-0.4, -0.2) is 0 Å². The second kappa shape index (κ2) is 34.8. The highest BCUT2D eigenvalue weighted by Crippen LogP contribution is 2.62. The number of hydrogen-bond donors (Lipinski definition) is 0. The first-order valence-corrected chi connectivity index (χ1v) is 49.9. The van der Waals surface area contributed by atoms with Crippen molar-refractivity contribution in [1.29, 1.82) is 0 Å². The summed E-state index contributed by atoms with van der Waals surface area (Å²) in [6, 6.07) is 183. The van der Waals surface area contributed by atoms with Gasteiger partial charge in [-0.3, -0.25) is 0 Å². The maximum atomic E-state index is 6.97. The van der Waals surface area contributed by atoms with Crippen molar-refractivity contribution < 1.29 is 9.47 Å². The molecule has 22 aromatic rings. The molecule has 0 atom stereocenters. The highest BCUT2D eigenvalue weighted by Gasteiger charge is 2.47. The summed E-state index contributed by atoms with van der Waals surface area (Å²) in [6.45, 7) is 0. The number of anilines is 18. The highest BCUT2D eigenvalue weighted by molar-refractivity contribution is 6.17. The third-order valence-corrected chi connectivity index (χ3v) is 30.6. The van der Waals surface area contributed by atoms with Crippen molar-refractivity contribution in [2.75, 3.05) is 29.4 Å². The van der Waals surface area contributed by atoms with Gasteiger partial charge in [0, 0.05) is 113 Å². The zero-order chi connectivity index (χ0) is 93.8. The average Bonchev–Trinajstić information content (AvgIpc) is 1.57. The molecule has 22 aromatic carbocycles. The Kier molecular flexibility index (Phi) is 20.5. The van der Waals surface area contributed by atoms with Crippen LogP contribution in [0.2, 0.25) is 0 Å². The van der Waals surface area contributed by atoms with Gasteiger partial charge in [-0.05, 0) is 337 Å². The average molecular weight is 1820 g/mol. The van der Waals surface area contributed by atoms with Crippen LogP contribution >= 0.6 is 0 Å². The Balaban J connectivity index is 0.507. The van der Waals surface area contributed by atoms with Crippen LogP contribution in [0, 0.1) is 0 Å². The first kappa shape index (κ1) is 83.6. The molecule has 2 fully saturated rings. The van der Waals surface area contributed by atoms with Crippen LogP contribution in [0.5, 0.6) is 23.0 Å². The molecule has 1 aliphatic heterocycles. The predicted octanol–water partition coefficient (Wildman–Crippen LogP) is 38.0. The van der Waals surface area contributed by atoms with Crippen molar-refractivity contribution in [1.82, 2.24) is 0 Å². The maximum Gasteiger partial charge on any atom is 0.172 e. The molecule has 27 rings (SSSR count). The number of fused-ring (bicyclic) bond motifs is 18. The normalized spacial score (nSPS) is 13.6. The maximum absolute atomic E-state index is 6.97. The second-order valence-electron chi connectivity index (χ2n) is 38.5. The molecule has 8 nitrogen and oxygen atoms in total. The van der Waals surface area contributed by atoms with Crippen LogP contribution in [-0.2, 0) is 10.8 Å². The van der Waals surface area contributed by atoms with E-state index in [0.29, 0.717) is 23.0 Å². The first-order valence-electron chi connectivity index (χ1n) is 49.9. The standard InChI is InChI=1S/C134H98N6O2/c1-6-33-97(34-7-1)135(98-35-8-2-9-36-98)104-63-65-106(66-64-104)137(109-71-75-118-116-47-22-24-51-123(116)133(125(118)87-109)79-26-27-80-133)102-59-55-91(56-60-102)92-57-61-103(62-58-92)138(110-72-76-119-117-48-23-25-52-124(117)134(126(119)88-110)81-28-29-82-134)107-69-67-105(68-70-107)136(99-37-10-3-11-38-99)108-43-30-32-93(83-108)94-53-54-96-86-128(121-50-21-19-46-115(121)122(96)84-94)140(101-41-14-5-15-42-101)112-74-78-130-132(90-112)142-129-77-73-111(89-131(129)141-130)139(100-39-12-4-13-40-100)127-85-95-31-16-17-44-113(95)114-45-18-20-49-120(114)127/h1-25,30-78,83-90H,26-29,79-82H2. The molecule has 0 radical (unpaired) electrons. The van der Waals surface area contributed by atoms with Crippen molar-refractivity contribution >= 4 is 145 Å². The minimum Gasteiger partial charge on any atom is -0.449 e. The third kappa shape index (κ3) is 14.3. The summed E-state index contributed by atoms with van der Waals surface area (Å²) in [7, 11) is 0. The fourth-order valence-corrected chi connectivity index (χ4v) is 24.2. The molecule has 0 amide bonds. The fourth-order valence-electron chi connectivity index (χ4n) is 24.2. The summed E-state index contributed by atoms with van der Waals surface area (Å²) in [4.78, 5) is 14.4. The number of hydrogen-bond acceptors (Lipinski definition) is 8. The van der Waals surface area contributed by atoms with Gasteiger partial charge in [0.15, 0.2) is 23.0 Å². The zero-order valence-electron chi connectivity index (χ0n) is 78.5. The lowest BCUT2D eigenvalue weighted by atomic mass is 9.76. The zero-order valence-corrected chi connectivity index (χ0v) is 78.5. The molecular weight excluding hydrogens is 1730 g/mol. The van der Waals surface area contributed by atoms with Gasteiger partial charge in [-0.2, -0.15) is 0 Å². The van der Waals surface area contributed by atoms with E-state index in [4.69, 9.17) is 9.47 Å². The van der Waals surface area contributed by atoms with E-state index in [9.17, 15) is 0 Å². The number of nitrogens with zero attached hydrogens (tertiary/aromatic N) is 6. The summed E-state index contributed by atoms with van der Waals surface area (Å²) >= 11 is 0. The van der Waals surface area contributed by atoms with E-state index in [1.54, 1.807) is 0 Å². The molecule has 4 aliphatic carbocycles. The smallest absolute Gasteiger partial charge is 0.172 e. The minimum absolute atomic E-state index is 0.0152. The van der Waals surface area contributed by atoms with E-state index < -0.39 is 0 Å². The molecule has 1 heterocycles. The Bertz CT molecular complexity index is 8560. The van der Waals surface area contributed by atoms with E-state index in [1.165, 1.54) is 99.2 Å². The molecule has 676 valence electrons. The molecule has 142 heavy (non-hydrogen) atoms. The lowest BCUT2D eigenvalue weighted by molar-refractivity contribution is 0.360. The van der Waals surface area contributed by atoms with Gasteiger partial charge in [0.1, 0.15) is 0 Å². The fraction of sp³-hybridized carbons (Fsp3) is 0.0746. The van der Waals surface area contributed by atoms with Gasteiger partial charge < -0.3 is 38.9 Å². The first-order chi connectivity index (χ1) is 70.3. The van der Waals surface area contributed by atoms with E-state index in [2.05, 4.69) is 515 Å². The van der Waals surface area contributed by atoms with Crippen molar-refractivity contribution in [3.05, 3.63) is 520 Å². The van der Waals surface area contributed by atoms with E-state index in [1.807, 2.05) is 12.1 Å². The largest absolute Gasteiger partial charge is 0.449 e. The van der Waals surface area contributed by atoms with Crippen LogP contribution < -0.4 is 38.9 Å². The Labute approximate surface area is 828 Å². The highest BCUT2D eigenvalue weighted by atomic mass is 16.6. The number of para-hydroxylation sites is 5. The molecule has 5 aliphatic rings. The van der Waals surface area contributed by atoms with E-state index in [0.717, 1.165) is 164 Å². The van der Waals surface area contributed by atoms with Gasteiger partial charge in [-0.25, -0.2) is 0 Å². The minimum atomic E-state index is -0.0197. The van der Waals surface area contributed by atoms with E-state index in [-0.39, 0.29) is 10.8 Å². The molecule has 0 aromatic heterocycles. The summed E-state index contributed by atoms with van der Waals surface area (Å²) in [6.07, 6.45) is 9.53.